The molecule has 0 spiro atoms. The van der Waals surface area contributed by atoms with Gasteiger partial charge in [-0.2, -0.15) is 0 Å². The van der Waals surface area contributed by atoms with Crippen LogP contribution in [0.4, 0.5) is 5.69 Å². The lowest BCUT2D eigenvalue weighted by Gasteiger charge is -2.03. The van der Waals surface area contributed by atoms with Gasteiger partial charge in [-0.3, -0.25) is 0 Å². The van der Waals surface area contributed by atoms with E-state index in [1.165, 1.54) is 11.8 Å². The third kappa shape index (κ3) is 2.31. The number of rotatable bonds is 4. The number of thioether (sulfide) groups is 1. The number of aliphatic hydroxyl groups excluding tert-OH is 1. The van der Waals surface area contributed by atoms with Crippen LogP contribution in [0.5, 0.6) is 0 Å². The first-order valence-corrected chi connectivity index (χ1v) is 6.08. The van der Waals surface area contributed by atoms with Crippen molar-refractivity contribution in [2.24, 2.45) is 5.92 Å². The molecule has 2 aromatic rings. The minimum Gasteiger partial charge on any atom is -0.431 e. The zero-order chi connectivity index (χ0) is 11.5. The largest absolute Gasteiger partial charge is 0.431 e. The third-order valence-electron chi connectivity index (χ3n) is 2.23. The quantitative estimate of drug-likeness (QED) is 0.630. The molecule has 4 nitrogen and oxygen atoms in total. The number of fused-ring (bicyclic) bond motifs is 1. The first kappa shape index (κ1) is 11.3. The highest BCUT2D eigenvalue weighted by Gasteiger charge is 2.09. The number of aliphatic hydroxyl groups is 1. The Morgan fingerprint density at radius 2 is 2.38 bits per heavy atom. The molecule has 0 radical (unpaired) electrons. The molecule has 0 aliphatic heterocycles. The maximum Gasteiger partial charge on any atom is 0.256 e. The minimum absolute atomic E-state index is 0.176. The van der Waals surface area contributed by atoms with Crippen LogP contribution in [0, 0.1) is 5.92 Å². The van der Waals surface area contributed by atoms with Crippen molar-refractivity contribution in [2.75, 3.05) is 18.1 Å². The average Bonchev–Trinajstić information content (AvgIpc) is 2.70. The molecule has 0 aliphatic rings. The van der Waals surface area contributed by atoms with Gasteiger partial charge in [-0.15, -0.1) is 0 Å². The van der Waals surface area contributed by atoms with Crippen LogP contribution in [-0.2, 0) is 0 Å². The summed E-state index contributed by atoms with van der Waals surface area (Å²) < 4.78 is 5.53. The predicted molar refractivity (Wildman–Crippen MR) is 65.4 cm³/mol. The van der Waals surface area contributed by atoms with Crippen molar-refractivity contribution >= 4 is 28.5 Å². The fraction of sp³-hybridized carbons (Fsp3) is 0.364. The van der Waals surface area contributed by atoms with Gasteiger partial charge < -0.3 is 15.3 Å². The lowest BCUT2D eigenvalue weighted by molar-refractivity contribution is 0.250. The van der Waals surface area contributed by atoms with Crippen molar-refractivity contribution in [1.29, 1.82) is 0 Å². The fourth-order valence-corrected chi connectivity index (χ4v) is 2.11. The monoisotopic (exact) mass is 238 g/mol. The zero-order valence-electron chi connectivity index (χ0n) is 9.01. The molecule has 0 amide bonds. The molecule has 3 N–H and O–H groups in total. The summed E-state index contributed by atoms with van der Waals surface area (Å²) in [7, 11) is 0. The maximum atomic E-state index is 8.91. The number of nitrogens with two attached hydrogens (primary N) is 1. The Bertz CT molecular complexity index is 484. The van der Waals surface area contributed by atoms with Gasteiger partial charge in [-0.25, -0.2) is 4.98 Å². The first-order valence-electron chi connectivity index (χ1n) is 5.09. The van der Waals surface area contributed by atoms with E-state index < -0.39 is 0 Å². The van der Waals surface area contributed by atoms with Crippen molar-refractivity contribution in [1.82, 2.24) is 4.98 Å². The SMILES string of the molecule is CC(CO)CSc1nc2c(N)cccc2o1. The summed E-state index contributed by atoms with van der Waals surface area (Å²) in [4.78, 5) is 4.31. The summed E-state index contributed by atoms with van der Waals surface area (Å²) in [5.41, 5.74) is 7.83. The number of aromatic nitrogens is 1. The zero-order valence-corrected chi connectivity index (χ0v) is 9.83. The minimum atomic E-state index is 0.176. The number of hydrogen-bond acceptors (Lipinski definition) is 5. The van der Waals surface area contributed by atoms with Crippen LogP contribution in [0.3, 0.4) is 0 Å². The molecule has 5 heteroatoms. The molecular weight excluding hydrogens is 224 g/mol. The fourth-order valence-electron chi connectivity index (χ4n) is 1.28. The molecule has 0 bridgehead atoms. The van der Waals surface area contributed by atoms with Crippen LogP contribution >= 0.6 is 11.8 Å². The van der Waals surface area contributed by atoms with Gasteiger partial charge in [0.05, 0.1) is 5.69 Å². The van der Waals surface area contributed by atoms with Gasteiger partial charge in [-0.05, 0) is 18.1 Å². The number of para-hydroxylation sites is 1. The van der Waals surface area contributed by atoms with Gasteiger partial charge in [0.15, 0.2) is 5.58 Å². The highest BCUT2D eigenvalue weighted by molar-refractivity contribution is 7.99. The van der Waals surface area contributed by atoms with E-state index in [0.29, 0.717) is 22.0 Å². The Morgan fingerprint density at radius 3 is 3.06 bits per heavy atom. The standard InChI is InChI=1S/C11H14N2O2S/c1-7(5-14)6-16-11-13-10-8(12)3-2-4-9(10)15-11/h2-4,7,14H,5-6,12H2,1H3. The Morgan fingerprint density at radius 1 is 1.56 bits per heavy atom. The summed E-state index contributed by atoms with van der Waals surface area (Å²) in [6, 6.07) is 5.49. The van der Waals surface area contributed by atoms with Crippen LogP contribution < -0.4 is 5.73 Å². The average molecular weight is 238 g/mol. The molecule has 16 heavy (non-hydrogen) atoms. The van der Waals surface area contributed by atoms with E-state index >= 15 is 0 Å². The van der Waals surface area contributed by atoms with Crippen LogP contribution in [0.1, 0.15) is 6.92 Å². The molecule has 1 aromatic carbocycles. The molecule has 1 aromatic heterocycles. The van der Waals surface area contributed by atoms with Crippen molar-refractivity contribution in [2.45, 2.75) is 12.1 Å². The lowest BCUT2D eigenvalue weighted by Crippen LogP contribution is -2.02. The van der Waals surface area contributed by atoms with Gasteiger partial charge in [0.2, 0.25) is 0 Å². The highest BCUT2D eigenvalue weighted by Crippen LogP contribution is 2.27. The van der Waals surface area contributed by atoms with Crippen LogP contribution in [0.25, 0.3) is 11.1 Å². The van der Waals surface area contributed by atoms with Crippen LogP contribution in [-0.4, -0.2) is 22.5 Å². The molecule has 0 saturated carbocycles. The van der Waals surface area contributed by atoms with Gasteiger partial charge in [0.25, 0.3) is 5.22 Å². The number of hydrogen-bond donors (Lipinski definition) is 2. The van der Waals surface area contributed by atoms with E-state index in [0.717, 1.165) is 5.75 Å². The molecule has 1 heterocycles. The number of oxazole rings is 1. The lowest BCUT2D eigenvalue weighted by atomic mass is 10.2. The number of anilines is 1. The van der Waals surface area contributed by atoms with Crippen molar-refractivity contribution in [3.8, 4) is 0 Å². The third-order valence-corrected chi connectivity index (χ3v) is 3.39. The maximum absolute atomic E-state index is 8.91. The molecule has 1 unspecified atom stereocenters. The van der Waals surface area contributed by atoms with Gasteiger partial charge >= 0.3 is 0 Å². The second kappa shape index (κ2) is 4.76. The number of nitrogens with zero attached hydrogens (tertiary/aromatic N) is 1. The van der Waals surface area contributed by atoms with E-state index in [4.69, 9.17) is 15.3 Å². The van der Waals surface area contributed by atoms with Gasteiger partial charge in [0, 0.05) is 12.4 Å². The van der Waals surface area contributed by atoms with Gasteiger partial charge in [0.1, 0.15) is 5.52 Å². The Kier molecular flexibility index (Phi) is 3.36. The molecule has 0 fully saturated rings. The van der Waals surface area contributed by atoms with E-state index in [-0.39, 0.29) is 12.5 Å². The summed E-state index contributed by atoms with van der Waals surface area (Å²) in [6.45, 7) is 2.15. The Balaban J connectivity index is 2.17. The molecule has 0 aliphatic carbocycles. The highest BCUT2D eigenvalue weighted by atomic mass is 32.2. The summed E-state index contributed by atoms with van der Waals surface area (Å²) in [6.07, 6.45) is 0. The van der Waals surface area contributed by atoms with E-state index in [9.17, 15) is 0 Å². The second-order valence-corrected chi connectivity index (χ2v) is 4.74. The molecule has 86 valence electrons. The number of nitrogen functional groups attached to an aromatic ring is 1. The molecule has 0 saturated heterocycles. The summed E-state index contributed by atoms with van der Waals surface area (Å²) in [5.74, 6) is 1.01. The topological polar surface area (TPSA) is 72.3 Å². The normalized spacial score (nSPS) is 13.1. The first-order chi connectivity index (χ1) is 7.70. The summed E-state index contributed by atoms with van der Waals surface area (Å²) >= 11 is 1.49. The Hall–Kier alpha value is -1.20. The van der Waals surface area contributed by atoms with Crippen LogP contribution in [0.2, 0.25) is 0 Å². The van der Waals surface area contributed by atoms with Crippen molar-refractivity contribution < 1.29 is 9.52 Å². The molecule has 1 atom stereocenters. The van der Waals surface area contributed by atoms with E-state index in [1.54, 1.807) is 6.07 Å². The second-order valence-electron chi connectivity index (χ2n) is 3.77. The van der Waals surface area contributed by atoms with Crippen molar-refractivity contribution in [3.63, 3.8) is 0 Å². The van der Waals surface area contributed by atoms with E-state index in [1.807, 2.05) is 19.1 Å². The summed E-state index contributed by atoms with van der Waals surface area (Å²) in [5, 5.41) is 9.52. The van der Waals surface area contributed by atoms with Crippen LogP contribution in [0.15, 0.2) is 27.8 Å². The van der Waals surface area contributed by atoms with E-state index in [2.05, 4.69) is 4.98 Å². The Labute approximate surface area is 97.8 Å². The smallest absolute Gasteiger partial charge is 0.256 e. The molecule has 2 rings (SSSR count). The van der Waals surface area contributed by atoms with Crippen molar-refractivity contribution in [3.05, 3.63) is 18.2 Å². The molecular formula is C11H14N2O2S. The number of benzene rings is 1. The van der Waals surface area contributed by atoms with Gasteiger partial charge in [-0.1, -0.05) is 24.8 Å². The predicted octanol–water partition coefficient (Wildman–Crippen LogP) is 2.13.